The van der Waals surface area contributed by atoms with Crippen LogP contribution < -0.4 is 0 Å². The molecule has 0 atom stereocenters. The zero-order chi connectivity index (χ0) is 15.1. The van der Waals surface area contributed by atoms with Gasteiger partial charge in [0.25, 0.3) is 0 Å². The zero-order valence-corrected chi connectivity index (χ0v) is 13.2. The molecule has 0 spiro atoms. The molecule has 2 rings (SSSR count). The molecule has 0 unspecified atom stereocenters. The van der Waals surface area contributed by atoms with Gasteiger partial charge in [0.2, 0.25) is 0 Å². The Hall–Kier alpha value is -0.835. The van der Waals surface area contributed by atoms with Gasteiger partial charge >= 0.3 is 7.12 Å². The van der Waals surface area contributed by atoms with E-state index in [1.807, 2.05) is 40.7 Å². The van der Waals surface area contributed by atoms with Crippen LogP contribution in [0.15, 0.2) is 23.9 Å². The van der Waals surface area contributed by atoms with Gasteiger partial charge in [0.15, 0.2) is 0 Å². The van der Waals surface area contributed by atoms with Crippen molar-refractivity contribution >= 4 is 24.8 Å². The molecule has 5 heteroatoms. The predicted molar refractivity (Wildman–Crippen MR) is 81.4 cm³/mol. The van der Waals surface area contributed by atoms with Crippen LogP contribution in [0.1, 0.15) is 38.8 Å². The standard InChI is InChI=1S/C15H19BClFO2/c1-10-11(7-6-8-12(10)17)9-13(18)16-19-14(2,3)15(4,5)20-16/h6-9H,1-5H3/b13-9-. The van der Waals surface area contributed by atoms with Gasteiger partial charge in [0.1, 0.15) is 5.73 Å². The second-order valence-electron chi connectivity index (χ2n) is 6.07. The maximum Gasteiger partial charge on any atom is 0.525 e. The van der Waals surface area contributed by atoms with Gasteiger partial charge in [-0.15, -0.1) is 0 Å². The third-order valence-corrected chi connectivity index (χ3v) is 4.49. The second-order valence-corrected chi connectivity index (χ2v) is 6.48. The summed E-state index contributed by atoms with van der Waals surface area (Å²) < 4.78 is 25.7. The number of hydrogen-bond donors (Lipinski definition) is 0. The fourth-order valence-electron chi connectivity index (χ4n) is 1.95. The summed E-state index contributed by atoms with van der Waals surface area (Å²) in [6.45, 7) is 9.43. The topological polar surface area (TPSA) is 18.5 Å². The highest BCUT2D eigenvalue weighted by Crippen LogP contribution is 2.39. The normalized spacial score (nSPS) is 21.4. The third-order valence-electron chi connectivity index (χ3n) is 4.08. The molecular weight excluding hydrogens is 277 g/mol. The van der Waals surface area contributed by atoms with E-state index in [-0.39, 0.29) is 0 Å². The highest BCUT2D eigenvalue weighted by atomic mass is 35.5. The minimum absolute atomic E-state index is 0.450. The average Bonchev–Trinajstić information content (AvgIpc) is 2.54. The van der Waals surface area contributed by atoms with Crippen molar-refractivity contribution in [3.05, 3.63) is 40.1 Å². The number of hydrogen-bond acceptors (Lipinski definition) is 2. The zero-order valence-electron chi connectivity index (χ0n) is 12.5. The molecule has 0 saturated carbocycles. The maximum atomic E-state index is 14.4. The molecule has 0 amide bonds. The highest BCUT2D eigenvalue weighted by Gasteiger charge is 2.53. The minimum atomic E-state index is -0.974. The molecule has 1 fully saturated rings. The molecule has 0 aromatic heterocycles. The van der Waals surface area contributed by atoms with Crippen molar-refractivity contribution in [2.75, 3.05) is 0 Å². The van der Waals surface area contributed by atoms with Crippen LogP contribution in [0.3, 0.4) is 0 Å². The van der Waals surface area contributed by atoms with Gasteiger partial charge in [-0.2, -0.15) is 0 Å². The van der Waals surface area contributed by atoms with E-state index in [0.29, 0.717) is 5.02 Å². The first kappa shape index (κ1) is 15.6. The van der Waals surface area contributed by atoms with Crippen LogP contribution in [0, 0.1) is 6.92 Å². The van der Waals surface area contributed by atoms with E-state index < -0.39 is 24.0 Å². The number of benzene rings is 1. The van der Waals surface area contributed by atoms with Gasteiger partial charge in [-0.05, 0) is 57.9 Å². The molecule has 108 valence electrons. The number of rotatable bonds is 2. The molecule has 0 bridgehead atoms. The SMILES string of the molecule is Cc1c(Cl)cccc1/C=C(\F)B1OC(C)(C)C(C)(C)O1. The predicted octanol–water partition coefficient (Wildman–Crippen LogP) is 4.59. The molecule has 1 aliphatic rings. The lowest BCUT2D eigenvalue weighted by Gasteiger charge is -2.32. The quantitative estimate of drug-likeness (QED) is 0.743. The maximum absolute atomic E-state index is 14.4. The van der Waals surface area contributed by atoms with Crippen molar-refractivity contribution < 1.29 is 13.7 Å². The first-order valence-electron chi connectivity index (χ1n) is 6.62. The van der Waals surface area contributed by atoms with Crippen LogP contribution in [0.2, 0.25) is 5.02 Å². The van der Waals surface area contributed by atoms with Crippen LogP contribution in [0.4, 0.5) is 4.39 Å². The molecule has 1 aliphatic heterocycles. The molecule has 20 heavy (non-hydrogen) atoms. The van der Waals surface area contributed by atoms with Crippen molar-refractivity contribution in [1.82, 2.24) is 0 Å². The van der Waals surface area contributed by atoms with E-state index >= 15 is 0 Å². The van der Waals surface area contributed by atoms with Gasteiger partial charge in [0, 0.05) is 5.02 Å². The van der Waals surface area contributed by atoms with E-state index in [2.05, 4.69) is 0 Å². The molecule has 0 aliphatic carbocycles. The van der Waals surface area contributed by atoms with Gasteiger partial charge in [-0.1, -0.05) is 23.7 Å². The molecule has 0 N–H and O–H groups in total. The van der Waals surface area contributed by atoms with Crippen molar-refractivity contribution in [3.8, 4) is 0 Å². The van der Waals surface area contributed by atoms with Crippen LogP contribution in [0.25, 0.3) is 6.08 Å². The lowest BCUT2D eigenvalue weighted by Crippen LogP contribution is -2.41. The van der Waals surface area contributed by atoms with E-state index in [4.69, 9.17) is 20.9 Å². The van der Waals surface area contributed by atoms with Gasteiger partial charge in [-0.25, -0.2) is 4.39 Å². The first-order chi connectivity index (χ1) is 9.14. The fourth-order valence-corrected chi connectivity index (χ4v) is 2.13. The van der Waals surface area contributed by atoms with E-state index in [9.17, 15) is 4.39 Å². The van der Waals surface area contributed by atoms with Crippen LogP contribution in [-0.4, -0.2) is 18.3 Å². The molecule has 2 nitrogen and oxygen atoms in total. The summed E-state index contributed by atoms with van der Waals surface area (Å²) in [5.74, 6) is 0. The average molecular weight is 297 g/mol. The minimum Gasteiger partial charge on any atom is -0.398 e. The van der Waals surface area contributed by atoms with E-state index in [0.717, 1.165) is 11.1 Å². The van der Waals surface area contributed by atoms with Gasteiger partial charge < -0.3 is 9.31 Å². The third kappa shape index (κ3) is 2.78. The summed E-state index contributed by atoms with van der Waals surface area (Å²) in [7, 11) is -0.974. The van der Waals surface area contributed by atoms with Crippen molar-refractivity contribution in [2.24, 2.45) is 0 Å². The molecule has 1 heterocycles. The van der Waals surface area contributed by atoms with E-state index in [1.54, 1.807) is 12.1 Å². The molecular formula is C15H19BClFO2. The molecule has 1 saturated heterocycles. The summed E-state index contributed by atoms with van der Waals surface area (Å²) >= 11 is 6.03. The summed E-state index contributed by atoms with van der Waals surface area (Å²) in [5.41, 5.74) is 0.0119. The van der Waals surface area contributed by atoms with Crippen molar-refractivity contribution in [1.29, 1.82) is 0 Å². The monoisotopic (exact) mass is 296 g/mol. The summed E-state index contributed by atoms with van der Waals surface area (Å²) in [6.07, 6.45) is 1.42. The fraction of sp³-hybridized carbons (Fsp3) is 0.467. The van der Waals surface area contributed by atoms with Crippen molar-refractivity contribution in [2.45, 2.75) is 45.8 Å². The Morgan fingerprint density at radius 3 is 2.30 bits per heavy atom. The smallest absolute Gasteiger partial charge is 0.398 e. The summed E-state index contributed by atoms with van der Waals surface area (Å²) in [5, 5.41) is 0.612. The lowest BCUT2D eigenvalue weighted by molar-refractivity contribution is 0.00578. The van der Waals surface area contributed by atoms with Crippen molar-refractivity contribution in [3.63, 3.8) is 0 Å². The van der Waals surface area contributed by atoms with E-state index in [1.165, 1.54) is 6.08 Å². The Kier molecular flexibility index (Phi) is 4.02. The Bertz CT molecular complexity index is 539. The number of halogens is 2. The Morgan fingerprint density at radius 2 is 1.75 bits per heavy atom. The van der Waals surface area contributed by atoms with Crippen LogP contribution in [-0.2, 0) is 9.31 Å². The van der Waals surface area contributed by atoms with Gasteiger partial charge in [0.05, 0.1) is 11.2 Å². The second kappa shape index (κ2) is 5.17. The first-order valence-corrected chi connectivity index (χ1v) is 7.00. The Balaban J connectivity index is 2.27. The highest BCUT2D eigenvalue weighted by molar-refractivity contribution is 6.54. The Morgan fingerprint density at radius 1 is 1.20 bits per heavy atom. The molecule has 1 aromatic rings. The van der Waals surface area contributed by atoms with Crippen LogP contribution >= 0.6 is 11.6 Å². The summed E-state index contributed by atoms with van der Waals surface area (Å²) in [6, 6.07) is 5.38. The van der Waals surface area contributed by atoms with Crippen LogP contribution in [0.5, 0.6) is 0 Å². The molecule has 1 aromatic carbocycles. The summed E-state index contributed by atoms with van der Waals surface area (Å²) in [4.78, 5) is 0. The lowest BCUT2D eigenvalue weighted by atomic mass is 9.86. The van der Waals surface area contributed by atoms with Gasteiger partial charge in [-0.3, -0.25) is 0 Å². The largest absolute Gasteiger partial charge is 0.525 e. The Labute approximate surface area is 125 Å². The molecule has 0 radical (unpaired) electrons.